The number of amides is 1. The first-order chi connectivity index (χ1) is 5.76. The molecule has 0 radical (unpaired) electrons. The third kappa shape index (κ3) is 1.06. The van der Waals surface area contributed by atoms with Crippen molar-refractivity contribution < 1.29 is 9.53 Å². The predicted molar refractivity (Wildman–Crippen MR) is 43.9 cm³/mol. The highest BCUT2D eigenvalue weighted by Crippen LogP contribution is 2.34. The molecular weight excluding hydrogens is 156 g/mol. The highest BCUT2D eigenvalue weighted by molar-refractivity contribution is 5.69. The Morgan fingerprint density at radius 3 is 2.67 bits per heavy atom. The van der Waals surface area contributed by atoms with Crippen molar-refractivity contribution in [1.82, 2.24) is 10.2 Å². The van der Waals surface area contributed by atoms with Gasteiger partial charge in [0.15, 0.2) is 0 Å². The van der Waals surface area contributed by atoms with Crippen LogP contribution in [-0.2, 0) is 4.74 Å². The van der Waals surface area contributed by atoms with Crippen LogP contribution in [0.2, 0.25) is 0 Å². The zero-order valence-corrected chi connectivity index (χ0v) is 7.30. The van der Waals surface area contributed by atoms with Crippen molar-refractivity contribution in [2.24, 2.45) is 5.41 Å². The van der Waals surface area contributed by atoms with Gasteiger partial charge in [0.25, 0.3) is 0 Å². The molecule has 0 saturated carbocycles. The Morgan fingerprint density at radius 2 is 2.25 bits per heavy atom. The summed E-state index contributed by atoms with van der Waals surface area (Å²) >= 11 is 0. The molecule has 0 aromatic rings. The van der Waals surface area contributed by atoms with Crippen LogP contribution in [0.15, 0.2) is 0 Å². The van der Waals surface area contributed by atoms with E-state index in [0.29, 0.717) is 12.0 Å². The maximum Gasteiger partial charge on any atom is 0.409 e. The minimum absolute atomic E-state index is 0.157. The monoisotopic (exact) mass is 170 g/mol. The molecule has 2 aliphatic rings. The standard InChI is InChI=1S/C8H14N2O2/c1-2-12-7(11)10-5-8(6-10)3-9-4-8/h9H,2-6H2,1H3. The SMILES string of the molecule is CCOC(=O)N1CC2(CNC2)C1. The van der Waals surface area contributed by atoms with Crippen molar-refractivity contribution in [3.63, 3.8) is 0 Å². The third-order valence-electron chi connectivity index (χ3n) is 2.58. The molecule has 2 aliphatic heterocycles. The molecular formula is C8H14N2O2. The molecule has 2 rings (SSSR count). The van der Waals surface area contributed by atoms with Crippen LogP contribution in [-0.4, -0.2) is 43.8 Å². The average Bonchev–Trinajstić information content (AvgIpc) is 1.81. The van der Waals surface area contributed by atoms with Gasteiger partial charge in [-0.15, -0.1) is 0 Å². The number of hydrogen-bond acceptors (Lipinski definition) is 3. The van der Waals surface area contributed by atoms with E-state index >= 15 is 0 Å². The van der Waals surface area contributed by atoms with Crippen molar-refractivity contribution in [3.8, 4) is 0 Å². The zero-order chi connectivity index (χ0) is 8.60. The fourth-order valence-corrected chi connectivity index (χ4v) is 1.81. The van der Waals surface area contributed by atoms with E-state index in [2.05, 4.69) is 5.32 Å². The number of carbonyl (C=O) groups excluding carboxylic acids is 1. The van der Waals surface area contributed by atoms with Crippen LogP contribution in [0.1, 0.15) is 6.92 Å². The van der Waals surface area contributed by atoms with Gasteiger partial charge in [0.2, 0.25) is 0 Å². The quantitative estimate of drug-likeness (QED) is 0.604. The normalized spacial score (nSPS) is 24.6. The molecule has 68 valence electrons. The number of carbonyl (C=O) groups is 1. The van der Waals surface area contributed by atoms with E-state index in [4.69, 9.17) is 4.74 Å². The molecule has 0 aromatic carbocycles. The van der Waals surface area contributed by atoms with Crippen LogP contribution in [0.25, 0.3) is 0 Å². The summed E-state index contributed by atoms with van der Waals surface area (Å²) in [6, 6.07) is 0. The fraction of sp³-hybridized carbons (Fsp3) is 0.875. The second-order valence-electron chi connectivity index (χ2n) is 3.66. The summed E-state index contributed by atoms with van der Waals surface area (Å²) in [7, 11) is 0. The number of likely N-dealkylation sites (tertiary alicyclic amines) is 1. The van der Waals surface area contributed by atoms with Crippen molar-refractivity contribution in [3.05, 3.63) is 0 Å². The van der Waals surface area contributed by atoms with Gasteiger partial charge in [-0.25, -0.2) is 4.79 Å². The molecule has 1 amide bonds. The van der Waals surface area contributed by atoms with Crippen LogP contribution in [0.4, 0.5) is 4.79 Å². The minimum atomic E-state index is -0.157. The Hall–Kier alpha value is -0.770. The van der Waals surface area contributed by atoms with Crippen LogP contribution in [0, 0.1) is 5.41 Å². The van der Waals surface area contributed by atoms with Crippen molar-refractivity contribution >= 4 is 6.09 Å². The van der Waals surface area contributed by atoms with Gasteiger partial charge in [-0.2, -0.15) is 0 Å². The Bertz CT molecular complexity index is 193. The molecule has 1 spiro atoms. The Balaban J connectivity index is 1.76. The number of hydrogen-bond donors (Lipinski definition) is 1. The van der Waals surface area contributed by atoms with Crippen molar-refractivity contribution in [2.75, 3.05) is 32.8 Å². The predicted octanol–water partition coefficient (Wildman–Crippen LogP) is 0.0481. The van der Waals surface area contributed by atoms with Gasteiger partial charge >= 0.3 is 6.09 Å². The summed E-state index contributed by atoms with van der Waals surface area (Å²) in [6.07, 6.45) is -0.157. The summed E-state index contributed by atoms with van der Waals surface area (Å²) in [4.78, 5) is 12.9. The van der Waals surface area contributed by atoms with Gasteiger partial charge < -0.3 is 15.0 Å². The summed E-state index contributed by atoms with van der Waals surface area (Å²) < 4.78 is 4.87. The minimum Gasteiger partial charge on any atom is -0.450 e. The van der Waals surface area contributed by atoms with Crippen molar-refractivity contribution in [1.29, 1.82) is 0 Å². The highest BCUT2D eigenvalue weighted by Gasteiger charge is 2.49. The third-order valence-corrected chi connectivity index (χ3v) is 2.58. The summed E-state index contributed by atoms with van der Waals surface area (Å²) in [5.74, 6) is 0. The van der Waals surface area contributed by atoms with Crippen LogP contribution in [0.3, 0.4) is 0 Å². The van der Waals surface area contributed by atoms with Crippen LogP contribution in [0.5, 0.6) is 0 Å². The maximum absolute atomic E-state index is 11.1. The largest absolute Gasteiger partial charge is 0.450 e. The number of ether oxygens (including phenoxy) is 1. The molecule has 0 bridgehead atoms. The number of nitrogens with zero attached hydrogens (tertiary/aromatic N) is 1. The number of rotatable bonds is 1. The van der Waals surface area contributed by atoms with E-state index in [0.717, 1.165) is 26.2 Å². The molecule has 2 saturated heterocycles. The molecule has 4 heteroatoms. The molecule has 0 aliphatic carbocycles. The summed E-state index contributed by atoms with van der Waals surface area (Å²) in [5, 5.41) is 3.22. The van der Waals surface area contributed by atoms with E-state index in [-0.39, 0.29) is 6.09 Å². The Kier molecular flexibility index (Phi) is 1.72. The van der Waals surface area contributed by atoms with E-state index in [1.54, 1.807) is 4.90 Å². The molecule has 2 heterocycles. The lowest BCUT2D eigenvalue weighted by molar-refractivity contribution is -0.0339. The van der Waals surface area contributed by atoms with Crippen LogP contribution < -0.4 is 5.32 Å². The maximum atomic E-state index is 11.1. The molecule has 12 heavy (non-hydrogen) atoms. The van der Waals surface area contributed by atoms with E-state index in [1.807, 2.05) is 6.92 Å². The summed E-state index contributed by atoms with van der Waals surface area (Å²) in [6.45, 7) is 6.17. The fourth-order valence-electron chi connectivity index (χ4n) is 1.81. The molecule has 2 fully saturated rings. The smallest absolute Gasteiger partial charge is 0.409 e. The molecule has 4 nitrogen and oxygen atoms in total. The number of nitrogens with one attached hydrogen (secondary N) is 1. The first-order valence-electron chi connectivity index (χ1n) is 4.38. The summed E-state index contributed by atoms with van der Waals surface area (Å²) in [5.41, 5.74) is 0.409. The average molecular weight is 170 g/mol. The first-order valence-corrected chi connectivity index (χ1v) is 4.38. The van der Waals surface area contributed by atoms with Gasteiger partial charge in [-0.3, -0.25) is 0 Å². The second kappa shape index (κ2) is 2.62. The van der Waals surface area contributed by atoms with Gasteiger partial charge in [0, 0.05) is 31.6 Å². The van der Waals surface area contributed by atoms with Gasteiger partial charge in [-0.1, -0.05) is 0 Å². The van der Waals surface area contributed by atoms with E-state index < -0.39 is 0 Å². The lowest BCUT2D eigenvalue weighted by Gasteiger charge is -2.55. The van der Waals surface area contributed by atoms with Crippen molar-refractivity contribution in [2.45, 2.75) is 6.92 Å². The highest BCUT2D eigenvalue weighted by atomic mass is 16.6. The van der Waals surface area contributed by atoms with Gasteiger partial charge in [-0.05, 0) is 6.92 Å². The lowest BCUT2D eigenvalue weighted by Crippen LogP contribution is -2.71. The van der Waals surface area contributed by atoms with E-state index in [1.165, 1.54) is 0 Å². The zero-order valence-electron chi connectivity index (χ0n) is 7.30. The molecule has 0 aromatic heterocycles. The second-order valence-corrected chi connectivity index (χ2v) is 3.66. The topological polar surface area (TPSA) is 41.6 Å². The Labute approximate surface area is 71.9 Å². The van der Waals surface area contributed by atoms with Gasteiger partial charge in [0.05, 0.1) is 6.61 Å². The van der Waals surface area contributed by atoms with E-state index in [9.17, 15) is 4.79 Å². The molecule has 0 atom stereocenters. The molecule has 0 unspecified atom stereocenters. The lowest BCUT2D eigenvalue weighted by atomic mass is 9.75. The molecule has 1 N–H and O–H groups in total. The first kappa shape index (κ1) is 7.86. The van der Waals surface area contributed by atoms with Crippen LogP contribution >= 0.6 is 0 Å². The Morgan fingerprint density at radius 1 is 1.58 bits per heavy atom. The van der Waals surface area contributed by atoms with Gasteiger partial charge in [0.1, 0.15) is 0 Å².